The number of hydrogen-bond donors (Lipinski definition) is 0. The number of hydrogen-bond acceptors (Lipinski definition) is 7. The first-order valence-corrected chi connectivity index (χ1v) is 10.2. The van der Waals surface area contributed by atoms with Crippen molar-refractivity contribution in [1.29, 1.82) is 5.26 Å². The van der Waals surface area contributed by atoms with E-state index in [1.807, 2.05) is 35.6 Å². The smallest absolute Gasteiger partial charge is 0.178 e. The molecule has 0 N–H and O–H groups in total. The SMILES string of the molecule is CN(C)c1ccc2nnc(C3CCN(c4nc5c(cc4C#N)CCC5)CC3)n2n1. The summed E-state index contributed by atoms with van der Waals surface area (Å²) in [5.41, 5.74) is 3.90. The molecule has 8 heteroatoms. The third-order valence-corrected chi connectivity index (χ3v) is 6.04. The summed E-state index contributed by atoms with van der Waals surface area (Å²) in [7, 11) is 3.96. The van der Waals surface area contributed by atoms with Crippen LogP contribution in [0.4, 0.5) is 11.6 Å². The fraction of sp³-hybridized carbons (Fsp3) is 0.476. The quantitative estimate of drug-likeness (QED) is 0.680. The molecule has 1 fully saturated rings. The van der Waals surface area contributed by atoms with Crippen LogP contribution in [0.15, 0.2) is 18.2 Å². The normalized spacial score (nSPS) is 16.8. The molecule has 1 aliphatic carbocycles. The van der Waals surface area contributed by atoms with E-state index in [0.717, 1.165) is 68.3 Å². The lowest BCUT2D eigenvalue weighted by Gasteiger charge is -2.32. The second-order valence-corrected chi connectivity index (χ2v) is 8.11. The summed E-state index contributed by atoms with van der Waals surface area (Å²) < 4.78 is 1.88. The molecule has 3 aromatic heterocycles. The molecule has 0 spiro atoms. The van der Waals surface area contributed by atoms with Crippen molar-refractivity contribution in [1.82, 2.24) is 24.8 Å². The number of piperidine rings is 1. The van der Waals surface area contributed by atoms with E-state index >= 15 is 0 Å². The van der Waals surface area contributed by atoms with Crippen molar-refractivity contribution >= 4 is 17.3 Å². The fourth-order valence-corrected chi connectivity index (χ4v) is 4.42. The van der Waals surface area contributed by atoms with Gasteiger partial charge < -0.3 is 9.80 Å². The molecular formula is C21H24N8. The third kappa shape index (κ3) is 3.07. The molecule has 1 saturated heterocycles. The van der Waals surface area contributed by atoms with Gasteiger partial charge in [0.1, 0.15) is 17.7 Å². The van der Waals surface area contributed by atoms with Crippen LogP contribution in [0, 0.1) is 11.3 Å². The van der Waals surface area contributed by atoms with E-state index in [9.17, 15) is 5.26 Å². The topological polar surface area (TPSA) is 86.2 Å². The predicted molar refractivity (Wildman–Crippen MR) is 110 cm³/mol. The Morgan fingerprint density at radius 1 is 1.14 bits per heavy atom. The van der Waals surface area contributed by atoms with E-state index in [1.165, 1.54) is 11.3 Å². The zero-order chi connectivity index (χ0) is 20.0. The minimum absolute atomic E-state index is 0.297. The van der Waals surface area contributed by atoms with Gasteiger partial charge in [0.25, 0.3) is 0 Å². The summed E-state index contributed by atoms with van der Waals surface area (Å²) in [5.74, 6) is 2.96. The molecule has 4 heterocycles. The molecule has 0 bridgehead atoms. The molecule has 0 aromatic carbocycles. The van der Waals surface area contributed by atoms with Crippen molar-refractivity contribution in [2.75, 3.05) is 37.0 Å². The van der Waals surface area contributed by atoms with Crippen molar-refractivity contribution < 1.29 is 0 Å². The first-order chi connectivity index (χ1) is 14.1. The van der Waals surface area contributed by atoms with Gasteiger partial charge in [0.15, 0.2) is 11.5 Å². The van der Waals surface area contributed by atoms with Crippen LogP contribution in [0.5, 0.6) is 0 Å². The number of aryl methyl sites for hydroxylation is 2. The minimum atomic E-state index is 0.297. The molecule has 0 saturated carbocycles. The van der Waals surface area contributed by atoms with Crippen molar-refractivity contribution in [2.24, 2.45) is 0 Å². The fourth-order valence-electron chi connectivity index (χ4n) is 4.42. The maximum absolute atomic E-state index is 9.62. The first-order valence-electron chi connectivity index (χ1n) is 10.2. The summed E-state index contributed by atoms with van der Waals surface area (Å²) in [5, 5.41) is 23.1. The lowest BCUT2D eigenvalue weighted by Crippen LogP contribution is -2.35. The standard InChI is InChI=1S/C21H24N8/c1-27(2)19-7-6-18-24-25-21(29(18)26-19)14-8-10-28(11-9-14)20-16(13-22)12-15-4-3-5-17(15)23-20/h6-7,12,14H,3-5,8-11H2,1-2H3. The van der Waals surface area contributed by atoms with E-state index in [-0.39, 0.29) is 0 Å². The van der Waals surface area contributed by atoms with Gasteiger partial charge >= 0.3 is 0 Å². The van der Waals surface area contributed by atoms with Gasteiger partial charge in [-0.25, -0.2) is 4.98 Å². The van der Waals surface area contributed by atoms with Gasteiger partial charge in [-0.3, -0.25) is 0 Å². The van der Waals surface area contributed by atoms with E-state index in [4.69, 9.17) is 10.1 Å². The van der Waals surface area contributed by atoms with E-state index < -0.39 is 0 Å². The summed E-state index contributed by atoms with van der Waals surface area (Å²) in [4.78, 5) is 9.11. The minimum Gasteiger partial charge on any atom is -0.361 e. The number of nitriles is 1. The van der Waals surface area contributed by atoms with Crippen molar-refractivity contribution in [2.45, 2.75) is 38.0 Å². The Hall–Kier alpha value is -3.21. The highest BCUT2D eigenvalue weighted by molar-refractivity contribution is 5.57. The van der Waals surface area contributed by atoms with Crippen LogP contribution in [-0.4, -0.2) is 52.0 Å². The molecule has 148 valence electrons. The highest BCUT2D eigenvalue weighted by Crippen LogP contribution is 2.32. The van der Waals surface area contributed by atoms with E-state index in [2.05, 4.69) is 27.2 Å². The summed E-state index contributed by atoms with van der Waals surface area (Å²) >= 11 is 0. The van der Waals surface area contributed by atoms with Gasteiger partial charge in [-0.15, -0.1) is 15.3 Å². The zero-order valence-corrected chi connectivity index (χ0v) is 16.8. The zero-order valence-electron chi connectivity index (χ0n) is 16.8. The van der Waals surface area contributed by atoms with Crippen LogP contribution in [0.25, 0.3) is 5.65 Å². The molecule has 5 rings (SSSR count). The number of nitrogens with zero attached hydrogens (tertiary/aromatic N) is 8. The molecule has 0 unspecified atom stereocenters. The summed E-state index contributed by atoms with van der Waals surface area (Å²) in [6, 6.07) is 8.33. The molecule has 29 heavy (non-hydrogen) atoms. The van der Waals surface area contributed by atoms with E-state index in [0.29, 0.717) is 11.5 Å². The Labute approximate surface area is 169 Å². The van der Waals surface area contributed by atoms with Crippen molar-refractivity contribution in [3.63, 3.8) is 0 Å². The molecule has 0 atom stereocenters. The average molecular weight is 388 g/mol. The number of anilines is 2. The van der Waals surface area contributed by atoms with Crippen LogP contribution < -0.4 is 9.80 Å². The van der Waals surface area contributed by atoms with Gasteiger partial charge in [-0.1, -0.05) is 0 Å². The van der Waals surface area contributed by atoms with Gasteiger partial charge in [0.2, 0.25) is 0 Å². The van der Waals surface area contributed by atoms with Crippen LogP contribution in [0.3, 0.4) is 0 Å². The van der Waals surface area contributed by atoms with Crippen LogP contribution in [0.1, 0.15) is 47.8 Å². The second-order valence-electron chi connectivity index (χ2n) is 8.11. The van der Waals surface area contributed by atoms with E-state index in [1.54, 1.807) is 0 Å². The third-order valence-electron chi connectivity index (χ3n) is 6.04. The van der Waals surface area contributed by atoms with Crippen molar-refractivity contribution in [3.05, 3.63) is 40.8 Å². The van der Waals surface area contributed by atoms with Gasteiger partial charge in [0, 0.05) is 38.8 Å². The molecule has 2 aliphatic rings. The van der Waals surface area contributed by atoms with Crippen LogP contribution in [0.2, 0.25) is 0 Å². The number of rotatable bonds is 3. The second kappa shape index (κ2) is 6.99. The Bertz CT molecular complexity index is 1100. The average Bonchev–Trinajstić information content (AvgIpc) is 3.38. The van der Waals surface area contributed by atoms with Crippen LogP contribution in [-0.2, 0) is 12.8 Å². The largest absolute Gasteiger partial charge is 0.361 e. The lowest BCUT2D eigenvalue weighted by molar-refractivity contribution is 0.475. The molecule has 0 amide bonds. The Morgan fingerprint density at radius 2 is 1.97 bits per heavy atom. The monoisotopic (exact) mass is 388 g/mol. The Morgan fingerprint density at radius 3 is 2.72 bits per heavy atom. The highest BCUT2D eigenvalue weighted by Gasteiger charge is 2.28. The maximum Gasteiger partial charge on any atom is 0.178 e. The Kier molecular flexibility index (Phi) is 4.31. The van der Waals surface area contributed by atoms with Gasteiger partial charge in [-0.2, -0.15) is 9.78 Å². The molecule has 3 aromatic rings. The Balaban J connectivity index is 1.38. The summed E-state index contributed by atoms with van der Waals surface area (Å²) in [6.07, 6.45) is 5.09. The first kappa shape index (κ1) is 17.9. The molecule has 1 aliphatic heterocycles. The molecule has 8 nitrogen and oxygen atoms in total. The predicted octanol–water partition coefficient (Wildman–Crippen LogP) is 2.33. The summed E-state index contributed by atoms with van der Waals surface area (Å²) in [6.45, 7) is 1.71. The lowest BCUT2D eigenvalue weighted by atomic mass is 9.95. The van der Waals surface area contributed by atoms with Gasteiger partial charge in [-0.05, 0) is 55.9 Å². The molecule has 0 radical (unpaired) electrons. The van der Waals surface area contributed by atoms with Crippen LogP contribution >= 0.6 is 0 Å². The van der Waals surface area contributed by atoms with Gasteiger partial charge in [0.05, 0.1) is 5.56 Å². The molecular weight excluding hydrogens is 364 g/mol. The number of fused-ring (bicyclic) bond motifs is 2. The number of aromatic nitrogens is 5. The highest BCUT2D eigenvalue weighted by atomic mass is 15.4. The maximum atomic E-state index is 9.62. The van der Waals surface area contributed by atoms with Crippen molar-refractivity contribution in [3.8, 4) is 6.07 Å². The number of pyridine rings is 1.